The topological polar surface area (TPSA) is 38.7 Å². The van der Waals surface area contributed by atoms with Crippen LogP contribution in [0.15, 0.2) is 59.6 Å². The number of esters is 1. The Kier molecular flexibility index (Phi) is 5.90. The summed E-state index contributed by atoms with van der Waals surface area (Å²) < 4.78 is 5.13. The molecular weight excluding hydrogens is 274 g/mol. The quantitative estimate of drug-likeness (QED) is 0.603. The summed E-state index contributed by atoms with van der Waals surface area (Å²) >= 11 is 0. The third-order valence-corrected chi connectivity index (χ3v) is 3.31. The molecule has 0 fully saturated rings. The number of ether oxygens (including phenoxy) is 1. The largest absolute Gasteiger partial charge is 0.464 e. The van der Waals surface area contributed by atoms with Crippen molar-refractivity contribution in [2.24, 2.45) is 4.99 Å². The standard InChI is InChI=1S/C19H21NO2/c1-3-22-19(21)18(13-16-7-5-4-6-8-16)20-14-17-11-9-15(2)10-12-17/h4-12,14,18H,3,13H2,1-2H3/t18-/m1/s1. The third-order valence-electron chi connectivity index (χ3n) is 3.31. The zero-order valence-electron chi connectivity index (χ0n) is 13.0. The Labute approximate surface area is 131 Å². The fraction of sp³-hybridized carbons (Fsp3) is 0.263. The summed E-state index contributed by atoms with van der Waals surface area (Å²) in [6.07, 6.45) is 2.28. The number of nitrogens with zero attached hydrogens (tertiary/aromatic N) is 1. The van der Waals surface area contributed by atoms with Gasteiger partial charge in [0.15, 0.2) is 6.04 Å². The van der Waals surface area contributed by atoms with Gasteiger partial charge >= 0.3 is 5.97 Å². The van der Waals surface area contributed by atoms with E-state index in [0.29, 0.717) is 13.0 Å². The van der Waals surface area contributed by atoms with Crippen LogP contribution in [0.1, 0.15) is 23.6 Å². The lowest BCUT2D eigenvalue weighted by Crippen LogP contribution is -2.24. The summed E-state index contributed by atoms with van der Waals surface area (Å²) in [4.78, 5) is 16.5. The van der Waals surface area contributed by atoms with Crippen LogP contribution in [0.2, 0.25) is 0 Å². The number of benzene rings is 2. The Morgan fingerprint density at radius 1 is 1.14 bits per heavy atom. The molecular formula is C19H21NO2. The van der Waals surface area contributed by atoms with Gasteiger partial charge in [0, 0.05) is 12.6 Å². The molecule has 3 nitrogen and oxygen atoms in total. The van der Waals surface area contributed by atoms with Gasteiger partial charge in [-0.05, 0) is 25.0 Å². The monoisotopic (exact) mass is 295 g/mol. The molecule has 1 atom stereocenters. The van der Waals surface area contributed by atoms with Crippen LogP contribution in [-0.4, -0.2) is 24.8 Å². The van der Waals surface area contributed by atoms with Gasteiger partial charge < -0.3 is 4.74 Å². The minimum absolute atomic E-state index is 0.283. The molecule has 0 N–H and O–H groups in total. The van der Waals surface area contributed by atoms with Crippen molar-refractivity contribution in [1.82, 2.24) is 0 Å². The first-order chi connectivity index (χ1) is 10.7. The summed E-state index contributed by atoms with van der Waals surface area (Å²) in [5, 5.41) is 0. The fourth-order valence-corrected chi connectivity index (χ4v) is 2.10. The average molecular weight is 295 g/mol. The number of rotatable bonds is 6. The van der Waals surface area contributed by atoms with Crippen molar-refractivity contribution in [1.29, 1.82) is 0 Å². The van der Waals surface area contributed by atoms with E-state index in [1.54, 1.807) is 13.1 Å². The Balaban J connectivity index is 2.13. The SMILES string of the molecule is CCOC(=O)[C@@H](Cc1ccccc1)N=Cc1ccc(C)cc1. The first kappa shape index (κ1) is 16.0. The molecule has 0 aliphatic heterocycles. The molecule has 0 radical (unpaired) electrons. The Morgan fingerprint density at radius 3 is 2.45 bits per heavy atom. The predicted molar refractivity (Wildman–Crippen MR) is 89.3 cm³/mol. The van der Waals surface area contributed by atoms with Crippen LogP contribution in [0.5, 0.6) is 0 Å². The second-order valence-corrected chi connectivity index (χ2v) is 5.15. The van der Waals surface area contributed by atoms with Crippen LogP contribution in [-0.2, 0) is 16.0 Å². The molecule has 0 aromatic heterocycles. The minimum Gasteiger partial charge on any atom is -0.464 e. The van der Waals surface area contributed by atoms with Gasteiger partial charge in [0.25, 0.3) is 0 Å². The van der Waals surface area contributed by atoms with Crippen LogP contribution >= 0.6 is 0 Å². The molecule has 114 valence electrons. The van der Waals surface area contributed by atoms with Crippen molar-refractivity contribution < 1.29 is 9.53 Å². The van der Waals surface area contributed by atoms with Crippen molar-refractivity contribution in [3.05, 3.63) is 71.3 Å². The Morgan fingerprint density at radius 2 is 1.82 bits per heavy atom. The van der Waals surface area contributed by atoms with Crippen molar-refractivity contribution in [3.8, 4) is 0 Å². The Hall–Kier alpha value is -2.42. The smallest absolute Gasteiger partial charge is 0.331 e. The number of carbonyl (C=O) groups is 1. The highest BCUT2D eigenvalue weighted by atomic mass is 16.5. The first-order valence-corrected chi connectivity index (χ1v) is 7.49. The highest BCUT2D eigenvalue weighted by Crippen LogP contribution is 2.09. The second-order valence-electron chi connectivity index (χ2n) is 5.15. The van der Waals surface area contributed by atoms with E-state index in [0.717, 1.165) is 11.1 Å². The van der Waals surface area contributed by atoms with Crippen LogP contribution in [0.4, 0.5) is 0 Å². The van der Waals surface area contributed by atoms with E-state index in [4.69, 9.17) is 4.74 Å². The zero-order valence-corrected chi connectivity index (χ0v) is 13.0. The molecule has 3 heteroatoms. The maximum absolute atomic E-state index is 12.1. The lowest BCUT2D eigenvalue weighted by molar-refractivity contribution is -0.144. The van der Waals surface area contributed by atoms with Gasteiger partial charge in [-0.15, -0.1) is 0 Å². The van der Waals surface area contributed by atoms with E-state index >= 15 is 0 Å². The molecule has 2 aromatic rings. The van der Waals surface area contributed by atoms with Crippen molar-refractivity contribution in [3.63, 3.8) is 0 Å². The molecule has 22 heavy (non-hydrogen) atoms. The van der Waals surface area contributed by atoms with Crippen molar-refractivity contribution >= 4 is 12.2 Å². The summed E-state index contributed by atoms with van der Waals surface area (Å²) in [5.41, 5.74) is 3.25. The Bertz CT molecular complexity index is 618. The van der Waals surface area contributed by atoms with Crippen LogP contribution in [0.25, 0.3) is 0 Å². The lowest BCUT2D eigenvalue weighted by Gasteiger charge is -2.11. The molecule has 0 heterocycles. The number of aliphatic imine (C=N–C) groups is 1. The summed E-state index contributed by atoms with van der Waals surface area (Å²) in [6.45, 7) is 4.21. The lowest BCUT2D eigenvalue weighted by atomic mass is 10.1. The highest BCUT2D eigenvalue weighted by molar-refractivity contribution is 5.84. The number of hydrogen-bond donors (Lipinski definition) is 0. The van der Waals surface area contributed by atoms with Crippen molar-refractivity contribution in [2.45, 2.75) is 26.3 Å². The second kappa shape index (κ2) is 8.13. The molecule has 0 unspecified atom stereocenters. The van der Waals surface area contributed by atoms with Gasteiger partial charge in [-0.2, -0.15) is 0 Å². The number of hydrogen-bond acceptors (Lipinski definition) is 3. The molecule has 0 aliphatic rings. The van der Waals surface area contributed by atoms with E-state index in [-0.39, 0.29) is 5.97 Å². The maximum Gasteiger partial charge on any atom is 0.331 e. The first-order valence-electron chi connectivity index (χ1n) is 7.49. The van der Waals surface area contributed by atoms with Gasteiger partial charge in [-0.25, -0.2) is 4.79 Å². The number of aryl methyl sites for hydroxylation is 1. The fourth-order valence-electron chi connectivity index (χ4n) is 2.10. The van der Waals surface area contributed by atoms with Gasteiger partial charge in [0.05, 0.1) is 6.61 Å². The van der Waals surface area contributed by atoms with Gasteiger partial charge in [0.2, 0.25) is 0 Å². The number of carbonyl (C=O) groups excluding carboxylic acids is 1. The van der Waals surface area contributed by atoms with E-state index in [2.05, 4.69) is 4.99 Å². The zero-order chi connectivity index (χ0) is 15.8. The van der Waals surface area contributed by atoms with Gasteiger partial charge in [-0.1, -0.05) is 60.2 Å². The molecule has 0 bridgehead atoms. The molecule has 2 aromatic carbocycles. The molecule has 0 saturated carbocycles. The summed E-state index contributed by atoms with van der Waals surface area (Å²) in [6, 6.07) is 17.4. The van der Waals surface area contributed by atoms with Crippen LogP contribution in [0.3, 0.4) is 0 Å². The van der Waals surface area contributed by atoms with E-state index in [1.807, 2.05) is 61.5 Å². The van der Waals surface area contributed by atoms with E-state index in [1.165, 1.54) is 5.56 Å². The molecule has 2 rings (SSSR count). The predicted octanol–water partition coefficient (Wildman–Crippen LogP) is 3.59. The van der Waals surface area contributed by atoms with Gasteiger partial charge in [-0.3, -0.25) is 4.99 Å². The normalized spacial score (nSPS) is 12.3. The van der Waals surface area contributed by atoms with Crippen LogP contribution in [0, 0.1) is 6.92 Å². The summed E-state index contributed by atoms with van der Waals surface area (Å²) in [5.74, 6) is -0.283. The maximum atomic E-state index is 12.1. The van der Waals surface area contributed by atoms with E-state index < -0.39 is 6.04 Å². The molecule has 0 spiro atoms. The van der Waals surface area contributed by atoms with Crippen LogP contribution < -0.4 is 0 Å². The summed E-state index contributed by atoms with van der Waals surface area (Å²) in [7, 11) is 0. The molecule has 0 saturated heterocycles. The average Bonchev–Trinajstić information content (AvgIpc) is 2.54. The molecule has 0 aliphatic carbocycles. The van der Waals surface area contributed by atoms with Gasteiger partial charge in [0.1, 0.15) is 0 Å². The highest BCUT2D eigenvalue weighted by Gasteiger charge is 2.18. The van der Waals surface area contributed by atoms with E-state index in [9.17, 15) is 4.79 Å². The minimum atomic E-state index is -0.511. The van der Waals surface area contributed by atoms with Crippen molar-refractivity contribution in [2.75, 3.05) is 6.61 Å². The molecule has 0 amide bonds. The third kappa shape index (κ3) is 4.85.